The van der Waals surface area contributed by atoms with Gasteiger partial charge >= 0.3 is 5.97 Å². The Hall–Kier alpha value is -2.18. The number of amides is 1. The summed E-state index contributed by atoms with van der Waals surface area (Å²) >= 11 is 0. The molecule has 0 saturated carbocycles. The van der Waals surface area contributed by atoms with Crippen molar-refractivity contribution < 1.29 is 24.5 Å². The van der Waals surface area contributed by atoms with E-state index in [0.717, 1.165) is 64.2 Å². The summed E-state index contributed by atoms with van der Waals surface area (Å²) in [6, 6.07) is -0.637. The molecule has 410 valence electrons. The van der Waals surface area contributed by atoms with Crippen LogP contribution in [-0.2, 0) is 14.3 Å². The summed E-state index contributed by atoms with van der Waals surface area (Å²) in [5.41, 5.74) is 0. The van der Waals surface area contributed by atoms with E-state index in [1.165, 1.54) is 231 Å². The third kappa shape index (κ3) is 55.1. The van der Waals surface area contributed by atoms with Crippen LogP contribution in [0.2, 0.25) is 0 Å². The van der Waals surface area contributed by atoms with Crippen LogP contribution in [0.25, 0.3) is 0 Å². The topological polar surface area (TPSA) is 95.9 Å². The van der Waals surface area contributed by atoms with Gasteiger partial charge in [-0.05, 0) is 83.5 Å². The van der Waals surface area contributed by atoms with Gasteiger partial charge in [0.15, 0.2) is 0 Å². The van der Waals surface area contributed by atoms with Gasteiger partial charge in [0.2, 0.25) is 5.91 Å². The molecule has 0 aliphatic heterocycles. The fraction of sp³-hybridized carbons (Fsp3) is 0.844. The average Bonchev–Trinajstić information content (AvgIpc) is 3.36. The first-order valence-electron chi connectivity index (χ1n) is 30.9. The van der Waals surface area contributed by atoms with Gasteiger partial charge in [-0.25, -0.2) is 0 Å². The number of carbonyl (C=O) groups is 2. The maximum absolute atomic E-state index is 12.5. The van der Waals surface area contributed by atoms with Gasteiger partial charge in [-0.15, -0.1) is 0 Å². The van der Waals surface area contributed by atoms with E-state index in [4.69, 9.17) is 4.74 Å². The molecule has 0 aromatic heterocycles. The van der Waals surface area contributed by atoms with Crippen molar-refractivity contribution in [3.05, 3.63) is 48.6 Å². The Bertz CT molecular complexity index is 1180. The maximum Gasteiger partial charge on any atom is 0.305 e. The van der Waals surface area contributed by atoms with Crippen molar-refractivity contribution in [2.75, 3.05) is 13.2 Å². The van der Waals surface area contributed by atoms with Crippen LogP contribution in [0.15, 0.2) is 48.6 Å². The molecule has 1 amide bonds. The van der Waals surface area contributed by atoms with E-state index < -0.39 is 12.1 Å². The number of aliphatic hydroxyl groups is 2. The lowest BCUT2D eigenvalue weighted by atomic mass is 10.0. The monoisotopic (exact) mass is 982 g/mol. The summed E-state index contributed by atoms with van der Waals surface area (Å²) in [4.78, 5) is 24.5. The Morgan fingerprint density at radius 3 is 1.14 bits per heavy atom. The molecular weight excluding hydrogens is 863 g/mol. The lowest BCUT2D eigenvalue weighted by molar-refractivity contribution is -0.143. The molecule has 6 nitrogen and oxygen atoms in total. The lowest BCUT2D eigenvalue weighted by Gasteiger charge is -2.20. The predicted molar refractivity (Wildman–Crippen MR) is 306 cm³/mol. The van der Waals surface area contributed by atoms with Gasteiger partial charge in [-0.1, -0.05) is 274 Å². The second-order valence-corrected chi connectivity index (χ2v) is 21.0. The minimum absolute atomic E-state index is 0.0116. The highest BCUT2D eigenvalue weighted by Gasteiger charge is 2.18. The highest BCUT2D eigenvalue weighted by molar-refractivity contribution is 5.76. The van der Waals surface area contributed by atoms with Crippen molar-refractivity contribution in [2.45, 2.75) is 334 Å². The molecule has 0 bridgehead atoms. The molecule has 3 N–H and O–H groups in total. The summed E-state index contributed by atoms with van der Waals surface area (Å²) in [6.45, 7) is 4.86. The normalized spacial score (nSPS) is 12.9. The Morgan fingerprint density at radius 2 is 0.729 bits per heavy atom. The van der Waals surface area contributed by atoms with E-state index in [2.05, 4.69) is 55.6 Å². The third-order valence-electron chi connectivity index (χ3n) is 14.1. The first-order chi connectivity index (χ1) is 34.5. The predicted octanol–water partition coefficient (Wildman–Crippen LogP) is 19.4. The van der Waals surface area contributed by atoms with E-state index >= 15 is 0 Å². The summed E-state index contributed by atoms with van der Waals surface area (Å²) in [6.07, 6.45) is 75.7. The van der Waals surface area contributed by atoms with Crippen LogP contribution in [-0.4, -0.2) is 47.4 Å². The van der Waals surface area contributed by atoms with E-state index in [-0.39, 0.29) is 18.5 Å². The lowest BCUT2D eigenvalue weighted by Crippen LogP contribution is -2.45. The largest absolute Gasteiger partial charge is 0.466 e. The van der Waals surface area contributed by atoms with Crippen LogP contribution in [0.4, 0.5) is 0 Å². The molecule has 6 heteroatoms. The Balaban J connectivity index is 3.49. The van der Waals surface area contributed by atoms with Gasteiger partial charge in [0, 0.05) is 12.8 Å². The van der Waals surface area contributed by atoms with Gasteiger partial charge in [-0.3, -0.25) is 9.59 Å². The molecule has 0 heterocycles. The smallest absolute Gasteiger partial charge is 0.305 e. The number of allylic oxidation sites excluding steroid dienone is 7. The Kier molecular flexibility index (Phi) is 57.5. The quantitative estimate of drug-likeness (QED) is 0.0321. The molecule has 2 unspecified atom stereocenters. The number of aliphatic hydroxyl groups excluding tert-OH is 2. The molecule has 0 fully saturated rings. The van der Waals surface area contributed by atoms with Gasteiger partial charge in [0.25, 0.3) is 0 Å². The zero-order valence-electron chi connectivity index (χ0n) is 46.7. The van der Waals surface area contributed by atoms with Crippen LogP contribution in [0.3, 0.4) is 0 Å². The van der Waals surface area contributed by atoms with Gasteiger partial charge < -0.3 is 20.3 Å². The number of nitrogens with one attached hydrogen (secondary N) is 1. The van der Waals surface area contributed by atoms with Crippen molar-refractivity contribution in [1.82, 2.24) is 5.32 Å². The van der Waals surface area contributed by atoms with Crippen molar-refractivity contribution in [3.63, 3.8) is 0 Å². The van der Waals surface area contributed by atoms with Gasteiger partial charge in [0.05, 0.1) is 25.4 Å². The summed E-state index contributed by atoms with van der Waals surface area (Å²) in [5, 5.41) is 23.2. The molecule has 0 aliphatic rings. The van der Waals surface area contributed by atoms with E-state index in [0.29, 0.717) is 19.4 Å². The van der Waals surface area contributed by atoms with E-state index in [1.54, 1.807) is 6.08 Å². The number of unbranched alkanes of at least 4 members (excludes halogenated alkanes) is 40. The standard InChI is InChI=1S/C64H119NO5/c1-3-5-7-9-11-13-15-17-19-20-21-23-26-29-32-36-40-44-48-52-56-62(67)61(60-66)65-63(68)57-53-49-45-41-37-33-30-27-24-22-25-28-31-35-39-43-47-51-55-59-70-64(69)58-54-50-46-42-38-34-18-16-14-12-10-8-6-4-2/h10,12,16,18,22,24,52,56,61-62,66-67H,3-9,11,13-15,17,19-21,23,25-51,53-55,57-60H2,1-2H3,(H,65,68)/b12-10-,18-16-,24-22-,56-52+. The highest BCUT2D eigenvalue weighted by atomic mass is 16.5. The zero-order valence-corrected chi connectivity index (χ0v) is 46.7. The summed E-state index contributed by atoms with van der Waals surface area (Å²) in [7, 11) is 0. The second-order valence-electron chi connectivity index (χ2n) is 21.0. The summed E-state index contributed by atoms with van der Waals surface area (Å²) < 4.78 is 5.46. The highest BCUT2D eigenvalue weighted by Crippen LogP contribution is 2.17. The van der Waals surface area contributed by atoms with Crippen molar-refractivity contribution in [2.24, 2.45) is 0 Å². The average molecular weight is 983 g/mol. The van der Waals surface area contributed by atoms with Crippen molar-refractivity contribution in [3.8, 4) is 0 Å². The minimum atomic E-state index is -0.853. The van der Waals surface area contributed by atoms with E-state index in [9.17, 15) is 19.8 Å². The number of rotatable bonds is 57. The third-order valence-corrected chi connectivity index (χ3v) is 14.1. The molecule has 0 aromatic rings. The van der Waals surface area contributed by atoms with Crippen LogP contribution < -0.4 is 5.32 Å². The first kappa shape index (κ1) is 67.8. The molecule has 0 rings (SSSR count). The molecule has 0 radical (unpaired) electrons. The van der Waals surface area contributed by atoms with Crippen molar-refractivity contribution in [1.29, 1.82) is 0 Å². The summed E-state index contributed by atoms with van der Waals surface area (Å²) in [5.74, 6) is -0.0879. The molecule has 70 heavy (non-hydrogen) atoms. The van der Waals surface area contributed by atoms with Gasteiger partial charge in [-0.2, -0.15) is 0 Å². The van der Waals surface area contributed by atoms with Crippen LogP contribution in [0.5, 0.6) is 0 Å². The van der Waals surface area contributed by atoms with Crippen LogP contribution >= 0.6 is 0 Å². The Morgan fingerprint density at radius 1 is 0.400 bits per heavy atom. The fourth-order valence-corrected chi connectivity index (χ4v) is 9.29. The SMILES string of the molecule is CCCC/C=C\C/C=C\CCCCCCCC(=O)OCCCCCCCCCC/C=C\CCCCCCCCCC(=O)NC(CO)C(O)/C=C/CCCCCCCCCCCCCCCCCCCC. The Labute approximate surface area is 436 Å². The number of esters is 1. The van der Waals surface area contributed by atoms with Crippen molar-refractivity contribution >= 4 is 11.9 Å². The van der Waals surface area contributed by atoms with E-state index in [1.807, 2.05) is 6.08 Å². The number of hydrogen-bond donors (Lipinski definition) is 3. The second kappa shape index (κ2) is 59.4. The molecular formula is C64H119NO5. The molecule has 0 aliphatic carbocycles. The molecule has 0 saturated heterocycles. The maximum atomic E-state index is 12.5. The first-order valence-corrected chi connectivity index (χ1v) is 30.9. The number of carbonyl (C=O) groups excluding carboxylic acids is 2. The van der Waals surface area contributed by atoms with Crippen LogP contribution in [0, 0.1) is 0 Å². The van der Waals surface area contributed by atoms with Crippen LogP contribution in [0.1, 0.15) is 322 Å². The fourth-order valence-electron chi connectivity index (χ4n) is 9.29. The zero-order chi connectivity index (χ0) is 50.7. The molecule has 2 atom stereocenters. The molecule has 0 spiro atoms. The number of ether oxygens (including phenoxy) is 1. The number of hydrogen-bond acceptors (Lipinski definition) is 5. The molecule has 0 aromatic carbocycles. The minimum Gasteiger partial charge on any atom is -0.466 e. The van der Waals surface area contributed by atoms with Gasteiger partial charge in [0.1, 0.15) is 0 Å².